The van der Waals surface area contributed by atoms with Gasteiger partial charge in [-0.25, -0.2) is 9.59 Å². The Kier molecular flexibility index (Phi) is 7.02. The highest BCUT2D eigenvalue weighted by atomic mass is 16.5. The summed E-state index contributed by atoms with van der Waals surface area (Å²) in [5.41, 5.74) is 1.04. The third-order valence-electron chi connectivity index (χ3n) is 3.02. The molecule has 122 valence electrons. The summed E-state index contributed by atoms with van der Waals surface area (Å²) < 4.78 is 10.2. The molecule has 0 saturated carbocycles. The van der Waals surface area contributed by atoms with Gasteiger partial charge in [-0.15, -0.1) is 0 Å². The normalized spacial score (nSPS) is 10.8. The van der Waals surface area contributed by atoms with Crippen LogP contribution in [0.15, 0.2) is 85.0 Å². The number of carbonyl (C=O) groups excluding carboxylic acids is 2. The molecule has 0 heterocycles. The van der Waals surface area contributed by atoms with Gasteiger partial charge in [0, 0.05) is 0 Å². The van der Waals surface area contributed by atoms with E-state index in [1.54, 1.807) is 72.8 Å². The number of ether oxygens (including phenoxy) is 2. The molecule has 24 heavy (non-hydrogen) atoms. The minimum atomic E-state index is -0.360. The Balaban J connectivity index is 1.63. The molecule has 0 aromatic heterocycles. The topological polar surface area (TPSA) is 52.6 Å². The van der Waals surface area contributed by atoms with Crippen molar-refractivity contribution < 1.29 is 19.1 Å². The van der Waals surface area contributed by atoms with Crippen LogP contribution >= 0.6 is 0 Å². The first-order chi connectivity index (χ1) is 11.8. The lowest BCUT2D eigenvalue weighted by Gasteiger charge is -2.01. The molecule has 0 saturated heterocycles. The Morgan fingerprint density at radius 2 is 1.04 bits per heavy atom. The number of rotatable bonds is 7. The number of carbonyl (C=O) groups is 2. The van der Waals surface area contributed by atoms with Gasteiger partial charge in [0.2, 0.25) is 0 Å². The Morgan fingerprint density at radius 3 is 1.42 bits per heavy atom. The lowest BCUT2D eigenvalue weighted by atomic mass is 10.2. The number of benzene rings is 2. The molecular formula is C20H18O4. The Morgan fingerprint density at radius 1 is 0.667 bits per heavy atom. The summed E-state index contributed by atoms with van der Waals surface area (Å²) in [5, 5.41) is 0. The van der Waals surface area contributed by atoms with Crippen LogP contribution in [-0.2, 0) is 9.47 Å². The van der Waals surface area contributed by atoms with Crippen molar-refractivity contribution in [2.75, 3.05) is 13.2 Å². The van der Waals surface area contributed by atoms with Crippen LogP contribution in [0.25, 0.3) is 0 Å². The summed E-state index contributed by atoms with van der Waals surface area (Å²) in [7, 11) is 0. The van der Waals surface area contributed by atoms with Gasteiger partial charge in [-0.3, -0.25) is 0 Å². The fourth-order valence-corrected chi connectivity index (χ4v) is 1.83. The van der Waals surface area contributed by atoms with E-state index in [1.807, 2.05) is 12.1 Å². The average Bonchev–Trinajstić information content (AvgIpc) is 2.65. The Bertz CT molecular complexity index is 639. The SMILES string of the molecule is O=C(OC/C=C/C=C/COC(=O)c1ccccc1)c1ccccc1. The van der Waals surface area contributed by atoms with Gasteiger partial charge in [-0.05, 0) is 36.4 Å². The standard InChI is InChI=1S/C20H18O4/c21-19(17-11-5-3-6-12-17)23-15-9-1-2-10-16-24-20(22)18-13-7-4-8-14-18/h1-14H,15-16H2/b9-1+,10-2+. The summed E-state index contributed by atoms with van der Waals surface area (Å²) in [6.07, 6.45) is 6.87. The van der Waals surface area contributed by atoms with E-state index in [0.29, 0.717) is 11.1 Å². The van der Waals surface area contributed by atoms with E-state index in [4.69, 9.17) is 9.47 Å². The molecule has 0 aliphatic carbocycles. The van der Waals surface area contributed by atoms with Crippen LogP contribution in [0.3, 0.4) is 0 Å². The maximum absolute atomic E-state index is 11.7. The maximum Gasteiger partial charge on any atom is 0.338 e. The van der Waals surface area contributed by atoms with Gasteiger partial charge in [-0.1, -0.05) is 48.6 Å². The highest BCUT2D eigenvalue weighted by molar-refractivity contribution is 5.89. The first-order valence-electron chi connectivity index (χ1n) is 7.53. The minimum Gasteiger partial charge on any atom is -0.458 e. The zero-order chi connectivity index (χ0) is 17.0. The number of hydrogen-bond acceptors (Lipinski definition) is 4. The van der Waals surface area contributed by atoms with Gasteiger partial charge in [-0.2, -0.15) is 0 Å². The molecule has 0 amide bonds. The van der Waals surface area contributed by atoms with Crippen molar-refractivity contribution >= 4 is 11.9 Å². The van der Waals surface area contributed by atoms with E-state index in [1.165, 1.54) is 0 Å². The molecule has 4 heteroatoms. The van der Waals surface area contributed by atoms with Crippen LogP contribution in [0.1, 0.15) is 20.7 Å². The summed E-state index contributed by atoms with van der Waals surface area (Å²) in [5.74, 6) is -0.720. The van der Waals surface area contributed by atoms with Gasteiger partial charge < -0.3 is 9.47 Å². The largest absolute Gasteiger partial charge is 0.458 e. The molecule has 2 aromatic carbocycles. The molecule has 0 bridgehead atoms. The third-order valence-corrected chi connectivity index (χ3v) is 3.02. The smallest absolute Gasteiger partial charge is 0.338 e. The van der Waals surface area contributed by atoms with Gasteiger partial charge in [0.25, 0.3) is 0 Å². The molecule has 2 aromatic rings. The van der Waals surface area contributed by atoms with Crippen molar-refractivity contribution in [2.24, 2.45) is 0 Å². The van der Waals surface area contributed by atoms with Crippen molar-refractivity contribution in [3.8, 4) is 0 Å². The average molecular weight is 322 g/mol. The molecular weight excluding hydrogens is 304 g/mol. The summed E-state index contributed by atoms with van der Waals surface area (Å²) in [6, 6.07) is 17.6. The van der Waals surface area contributed by atoms with Crippen LogP contribution in [0.2, 0.25) is 0 Å². The van der Waals surface area contributed by atoms with Crippen molar-refractivity contribution in [3.63, 3.8) is 0 Å². The van der Waals surface area contributed by atoms with Crippen LogP contribution in [-0.4, -0.2) is 25.2 Å². The predicted molar refractivity (Wildman–Crippen MR) is 91.7 cm³/mol. The summed E-state index contributed by atoms with van der Waals surface area (Å²) >= 11 is 0. The van der Waals surface area contributed by atoms with Crippen LogP contribution < -0.4 is 0 Å². The van der Waals surface area contributed by atoms with Crippen molar-refractivity contribution in [3.05, 3.63) is 96.1 Å². The molecule has 0 N–H and O–H groups in total. The number of hydrogen-bond donors (Lipinski definition) is 0. The lowest BCUT2D eigenvalue weighted by Crippen LogP contribution is -2.04. The first-order valence-corrected chi connectivity index (χ1v) is 7.53. The molecule has 4 nitrogen and oxygen atoms in total. The quantitative estimate of drug-likeness (QED) is 0.574. The second-order valence-corrected chi connectivity index (χ2v) is 4.79. The monoisotopic (exact) mass is 322 g/mol. The maximum atomic E-state index is 11.7. The molecule has 2 rings (SSSR count). The van der Waals surface area contributed by atoms with E-state index in [2.05, 4.69) is 0 Å². The van der Waals surface area contributed by atoms with Gasteiger partial charge in [0.05, 0.1) is 11.1 Å². The first kappa shape index (κ1) is 17.2. The van der Waals surface area contributed by atoms with Gasteiger partial charge >= 0.3 is 11.9 Å². The second-order valence-electron chi connectivity index (χ2n) is 4.79. The predicted octanol–water partition coefficient (Wildman–Crippen LogP) is 3.81. The van der Waals surface area contributed by atoms with Crippen molar-refractivity contribution in [1.82, 2.24) is 0 Å². The zero-order valence-corrected chi connectivity index (χ0v) is 13.1. The van der Waals surface area contributed by atoms with E-state index < -0.39 is 0 Å². The third kappa shape index (κ3) is 5.93. The van der Waals surface area contributed by atoms with Crippen molar-refractivity contribution in [1.29, 1.82) is 0 Å². The van der Waals surface area contributed by atoms with Gasteiger partial charge in [0.1, 0.15) is 13.2 Å². The highest BCUT2D eigenvalue weighted by Gasteiger charge is 2.04. The Labute approximate surface area is 141 Å². The molecule has 0 radical (unpaired) electrons. The van der Waals surface area contributed by atoms with E-state index in [9.17, 15) is 9.59 Å². The number of allylic oxidation sites excluding steroid dienone is 2. The van der Waals surface area contributed by atoms with E-state index >= 15 is 0 Å². The summed E-state index contributed by atoms with van der Waals surface area (Å²) in [6.45, 7) is 0.365. The van der Waals surface area contributed by atoms with E-state index in [-0.39, 0.29) is 25.2 Å². The van der Waals surface area contributed by atoms with Gasteiger partial charge in [0.15, 0.2) is 0 Å². The number of esters is 2. The molecule has 0 atom stereocenters. The Hall–Kier alpha value is -3.14. The van der Waals surface area contributed by atoms with Crippen molar-refractivity contribution in [2.45, 2.75) is 0 Å². The molecule has 0 fully saturated rings. The van der Waals surface area contributed by atoms with Crippen LogP contribution in [0.5, 0.6) is 0 Å². The molecule has 0 spiro atoms. The molecule has 0 aliphatic heterocycles. The zero-order valence-electron chi connectivity index (χ0n) is 13.1. The fraction of sp³-hybridized carbons (Fsp3) is 0.100. The molecule has 0 aliphatic rings. The highest BCUT2D eigenvalue weighted by Crippen LogP contribution is 2.02. The lowest BCUT2D eigenvalue weighted by molar-refractivity contribution is 0.0539. The second kappa shape index (κ2) is 9.79. The van der Waals surface area contributed by atoms with Crippen LogP contribution in [0.4, 0.5) is 0 Å². The van der Waals surface area contributed by atoms with E-state index in [0.717, 1.165) is 0 Å². The summed E-state index contributed by atoms with van der Waals surface area (Å²) in [4.78, 5) is 23.3. The minimum absolute atomic E-state index is 0.182. The molecule has 0 unspecified atom stereocenters. The van der Waals surface area contributed by atoms with Crippen LogP contribution in [0, 0.1) is 0 Å². The fourth-order valence-electron chi connectivity index (χ4n) is 1.83.